The van der Waals surface area contributed by atoms with Crippen LogP contribution < -0.4 is 4.90 Å². The molecule has 0 N–H and O–H groups in total. The summed E-state index contributed by atoms with van der Waals surface area (Å²) in [6.45, 7) is 4.63. The van der Waals surface area contributed by atoms with Crippen LogP contribution in [0, 0.1) is 0 Å². The molecule has 0 saturated heterocycles. The summed E-state index contributed by atoms with van der Waals surface area (Å²) in [6, 6.07) is 34.1. The number of para-hydroxylation sites is 1. The van der Waals surface area contributed by atoms with E-state index in [9.17, 15) is 0 Å². The van der Waals surface area contributed by atoms with Gasteiger partial charge in [-0.1, -0.05) is 74.0 Å². The Morgan fingerprint density at radius 1 is 0.586 bits per heavy atom. The molecule has 1 aliphatic rings. The Hall–Kier alpha value is -3.03. The van der Waals surface area contributed by atoms with E-state index < -0.39 is 0 Å². The highest BCUT2D eigenvalue weighted by atomic mass is 35.5. The number of nitrogens with zero attached hydrogens (tertiary/aromatic N) is 1. The van der Waals surface area contributed by atoms with Gasteiger partial charge in [0.25, 0.3) is 0 Å². The first-order valence-electron chi connectivity index (χ1n) is 9.91. The first-order valence-corrected chi connectivity index (χ1v) is 10.3. The maximum Gasteiger partial charge on any atom is 0.0465 e. The first kappa shape index (κ1) is 18.0. The van der Waals surface area contributed by atoms with E-state index >= 15 is 0 Å². The highest BCUT2D eigenvalue weighted by Gasteiger charge is 2.35. The third-order valence-corrected chi connectivity index (χ3v) is 6.18. The average Bonchev–Trinajstić information content (AvgIpc) is 2.98. The van der Waals surface area contributed by atoms with E-state index in [1.54, 1.807) is 0 Å². The van der Waals surface area contributed by atoms with Gasteiger partial charge in [-0.3, -0.25) is 0 Å². The summed E-state index contributed by atoms with van der Waals surface area (Å²) in [7, 11) is 0. The van der Waals surface area contributed by atoms with Gasteiger partial charge in [0.15, 0.2) is 0 Å². The van der Waals surface area contributed by atoms with Crippen molar-refractivity contribution in [1.29, 1.82) is 0 Å². The fourth-order valence-electron chi connectivity index (χ4n) is 4.45. The third kappa shape index (κ3) is 2.94. The molecule has 0 bridgehead atoms. The van der Waals surface area contributed by atoms with Gasteiger partial charge in [-0.25, -0.2) is 0 Å². The van der Waals surface area contributed by atoms with Gasteiger partial charge >= 0.3 is 0 Å². The van der Waals surface area contributed by atoms with Crippen molar-refractivity contribution in [1.82, 2.24) is 0 Å². The highest BCUT2D eigenvalue weighted by molar-refractivity contribution is 6.30. The number of anilines is 3. The summed E-state index contributed by atoms with van der Waals surface area (Å²) in [5, 5.41) is 0.743. The summed E-state index contributed by atoms with van der Waals surface area (Å²) in [6.07, 6.45) is 0. The lowest BCUT2D eigenvalue weighted by Gasteiger charge is -2.28. The van der Waals surface area contributed by atoms with Crippen LogP contribution in [-0.4, -0.2) is 0 Å². The molecule has 0 fully saturated rings. The molecule has 4 aromatic rings. The lowest BCUT2D eigenvalue weighted by atomic mass is 9.82. The molecule has 0 atom stereocenters. The molecule has 29 heavy (non-hydrogen) atoms. The number of hydrogen-bond donors (Lipinski definition) is 0. The average molecular weight is 396 g/mol. The molecule has 0 heterocycles. The van der Waals surface area contributed by atoms with Gasteiger partial charge < -0.3 is 4.90 Å². The maximum absolute atomic E-state index is 6.16. The molecule has 0 amide bonds. The van der Waals surface area contributed by atoms with Gasteiger partial charge in [-0.05, 0) is 70.8 Å². The van der Waals surface area contributed by atoms with Crippen LogP contribution in [-0.2, 0) is 5.41 Å². The van der Waals surface area contributed by atoms with Crippen LogP contribution in [0.3, 0.4) is 0 Å². The predicted molar refractivity (Wildman–Crippen MR) is 124 cm³/mol. The predicted octanol–water partition coefficient (Wildman–Crippen LogP) is 8.12. The van der Waals surface area contributed by atoms with Crippen LogP contribution in [0.1, 0.15) is 25.0 Å². The fraction of sp³-hybridized carbons (Fsp3) is 0.111. The smallest absolute Gasteiger partial charge is 0.0465 e. The van der Waals surface area contributed by atoms with Gasteiger partial charge in [0.1, 0.15) is 0 Å². The van der Waals surface area contributed by atoms with Crippen molar-refractivity contribution in [3.63, 3.8) is 0 Å². The normalized spacial score (nSPS) is 13.6. The molecule has 2 heteroatoms. The monoisotopic (exact) mass is 395 g/mol. The number of benzene rings is 4. The van der Waals surface area contributed by atoms with Crippen LogP contribution in [0.25, 0.3) is 11.1 Å². The SMILES string of the molecule is CC1(C)c2ccccc2-c2ccc(N(c3ccccc3)c3ccc(Cl)cc3)cc21. The standard InChI is InChI=1S/C27H22ClN/c1-27(2)25-11-7-6-10-23(25)24-17-16-22(18-26(24)27)29(20-8-4-3-5-9-20)21-14-12-19(28)13-15-21/h3-18H,1-2H3. The second kappa shape index (κ2) is 6.79. The molecule has 1 aliphatic carbocycles. The minimum absolute atomic E-state index is 0.0235. The molecule has 0 saturated carbocycles. The topological polar surface area (TPSA) is 3.24 Å². The van der Waals surface area contributed by atoms with Crippen molar-refractivity contribution in [3.8, 4) is 11.1 Å². The fourth-order valence-corrected chi connectivity index (χ4v) is 4.57. The van der Waals surface area contributed by atoms with Crippen LogP contribution in [0.5, 0.6) is 0 Å². The maximum atomic E-state index is 6.16. The van der Waals surface area contributed by atoms with Gasteiger partial charge in [0.2, 0.25) is 0 Å². The second-order valence-electron chi connectivity index (χ2n) is 8.05. The quantitative estimate of drug-likeness (QED) is 0.338. The van der Waals surface area contributed by atoms with Crippen LogP contribution >= 0.6 is 11.6 Å². The van der Waals surface area contributed by atoms with Crippen LogP contribution in [0.2, 0.25) is 5.02 Å². The Bertz CT molecular complexity index is 1180. The van der Waals surface area contributed by atoms with E-state index in [1.165, 1.54) is 22.3 Å². The molecular weight excluding hydrogens is 374 g/mol. The van der Waals surface area contributed by atoms with E-state index in [2.05, 4.69) is 97.6 Å². The van der Waals surface area contributed by atoms with Crippen LogP contribution in [0.15, 0.2) is 97.1 Å². The second-order valence-corrected chi connectivity index (χ2v) is 8.48. The van der Waals surface area contributed by atoms with Gasteiger partial charge in [-0.15, -0.1) is 0 Å². The number of fused-ring (bicyclic) bond motifs is 3. The largest absolute Gasteiger partial charge is 0.310 e. The minimum atomic E-state index is -0.0235. The van der Waals surface area contributed by atoms with E-state index in [0.717, 1.165) is 22.1 Å². The van der Waals surface area contributed by atoms with Crippen molar-refractivity contribution < 1.29 is 0 Å². The molecule has 5 rings (SSSR count). The summed E-state index contributed by atoms with van der Waals surface area (Å²) in [4.78, 5) is 2.29. The molecule has 0 spiro atoms. The van der Waals surface area contributed by atoms with E-state index in [1.807, 2.05) is 18.2 Å². The minimum Gasteiger partial charge on any atom is -0.310 e. The summed E-state index contributed by atoms with van der Waals surface area (Å²) >= 11 is 6.16. The van der Waals surface area contributed by atoms with Crippen molar-refractivity contribution in [2.24, 2.45) is 0 Å². The van der Waals surface area contributed by atoms with Crippen LogP contribution in [0.4, 0.5) is 17.1 Å². The Balaban J connectivity index is 1.69. The lowest BCUT2D eigenvalue weighted by molar-refractivity contribution is 0.660. The summed E-state index contributed by atoms with van der Waals surface area (Å²) < 4.78 is 0. The molecular formula is C27H22ClN. The zero-order chi connectivity index (χ0) is 20.0. The van der Waals surface area contributed by atoms with E-state index in [0.29, 0.717) is 0 Å². The van der Waals surface area contributed by atoms with Crippen molar-refractivity contribution in [2.75, 3.05) is 4.90 Å². The van der Waals surface area contributed by atoms with Crippen molar-refractivity contribution in [2.45, 2.75) is 19.3 Å². The number of halogens is 1. The van der Waals surface area contributed by atoms with Crippen molar-refractivity contribution in [3.05, 3.63) is 113 Å². The Morgan fingerprint density at radius 3 is 1.93 bits per heavy atom. The molecule has 0 radical (unpaired) electrons. The Labute approximate surface area is 177 Å². The summed E-state index contributed by atoms with van der Waals surface area (Å²) in [5.74, 6) is 0. The highest BCUT2D eigenvalue weighted by Crippen LogP contribution is 2.50. The Kier molecular flexibility index (Phi) is 4.22. The van der Waals surface area contributed by atoms with E-state index in [-0.39, 0.29) is 5.41 Å². The molecule has 4 aromatic carbocycles. The number of rotatable bonds is 3. The molecule has 1 nitrogen and oxygen atoms in total. The van der Waals surface area contributed by atoms with Crippen molar-refractivity contribution >= 4 is 28.7 Å². The Morgan fingerprint density at radius 2 is 1.17 bits per heavy atom. The van der Waals surface area contributed by atoms with E-state index in [4.69, 9.17) is 11.6 Å². The zero-order valence-electron chi connectivity index (χ0n) is 16.6. The molecule has 0 unspecified atom stereocenters. The first-order chi connectivity index (χ1) is 14.1. The molecule has 0 aromatic heterocycles. The van der Waals surface area contributed by atoms with Gasteiger partial charge in [0.05, 0.1) is 0 Å². The third-order valence-electron chi connectivity index (χ3n) is 5.92. The lowest BCUT2D eigenvalue weighted by Crippen LogP contribution is -2.16. The summed E-state index contributed by atoms with van der Waals surface area (Å²) in [5.41, 5.74) is 8.78. The zero-order valence-corrected chi connectivity index (χ0v) is 17.3. The molecule has 0 aliphatic heterocycles. The molecule has 142 valence electrons. The van der Waals surface area contributed by atoms with Gasteiger partial charge in [0, 0.05) is 27.5 Å². The number of hydrogen-bond acceptors (Lipinski definition) is 1. The van der Waals surface area contributed by atoms with Gasteiger partial charge in [-0.2, -0.15) is 0 Å².